The average Bonchev–Trinajstić information content (AvgIpc) is 2.89. The lowest BCUT2D eigenvalue weighted by molar-refractivity contribution is -0.136. The van der Waals surface area contributed by atoms with Crippen molar-refractivity contribution in [3.05, 3.63) is 51.8 Å². The van der Waals surface area contributed by atoms with E-state index in [2.05, 4.69) is 10.4 Å². The van der Waals surface area contributed by atoms with Gasteiger partial charge in [0.05, 0.1) is 5.69 Å². The molecule has 3 rings (SSSR count). The van der Waals surface area contributed by atoms with Gasteiger partial charge in [0, 0.05) is 36.4 Å². The molecule has 0 saturated heterocycles. The van der Waals surface area contributed by atoms with Crippen LogP contribution in [0.4, 0.5) is 5.69 Å². The van der Waals surface area contributed by atoms with Crippen molar-refractivity contribution < 1.29 is 19.1 Å². The number of hydrogen-bond acceptors (Lipinski definition) is 5. The Balaban J connectivity index is 1.59. The van der Waals surface area contributed by atoms with E-state index < -0.39 is 5.97 Å². The van der Waals surface area contributed by atoms with Crippen LogP contribution in [-0.4, -0.2) is 34.0 Å². The Labute approximate surface area is 161 Å². The van der Waals surface area contributed by atoms with E-state index in [0.717, 1.165) is 5.56 Å². The minimum absolute atomic E-state index is 0.0359. The molecule has 140 valence electrons. The number of ether oxygens (including phenoxy) is 1. The summed E-state index contributed by atoms with van der Waals surface area (Å²) in [4.78, 5) is 35.5. The first-order valence-corrected chi connectivity index (χ1v) is 8.73. The summed E-state index contributed by atoms with van der Waals surface area (Å²) in [6, 6.07) is 5.02. The first kappa shape index (κ1) is 18.8. The summed E-state index contributed by atoms with van der Waals surface area (Å²) in [5.41, 5.74) is 3.36. The number of ketones is 1. The van der Waals surface area contributed by atoms with Gasteiger partial charge < -0.3 is 10.1 Å². The molecule has 1 aliphatic heterocycles. The fourth-order valence-electron chi connectivity index (χ4n) is 2.81. The number of esters is 1. The second-order valence-corrected chi connectivity index (χ2v) is 6.56. The van der Waals surface area contributed by atoms with Gasteiger partial charge in [-0.15, -0.1) is 0 Å². The molecule has 7 nitrogen and oxygen atoms in total. The van der Waals surface area contributed by atoms with Crippen LogP contribution in [0.3, 0.4) is 0 Å². The largest absolute Gasteiger partial charge is 0.454 e. The van der Waals surface area contributed by atoms with Crippen LogP contribution in [-0.2, 0) is 27.8 Å². The summed E-state index contributed by atoms with van der Waals surface area (Å²) in [5, 5.41) is 7.31. The van der Waals surface area contributed by atoms with Crippen LogP contribution in [0.2, 0.25) is 5.15 Å². The molecular formula is C19H18ClN3O4. The first-order chi connectivity index (χ1) is 12.8. The fraction of sp³-hybridized carbons (Fsp3) is 0.263. The minimum atomic E-state index is -0.645. The molecule has 0 saturated carbocycles. The Bertz CT molecular complexity index is 962. The lowest BCUT2D eigenvalue weighted by Gasteiger charge is -2.17. The Morgan fingerprint density at radius 1 is 1.37 bits per heavy atom. The molecule has 1 aromatic heterocycles. The molecule has 1 aliphatic rings. The maximum atomic E-state index is 12.3. The number of carbonyl (C=O) groups excluding carboxylic acids is 3. The van der Waals surface area contributed by atoms with Gasteiger partial charge in [-0.05, 0) is 43.2 Å². The van der Waals surface area contributed by atoms with E-state index in [-0.39, 0.29) is 18.3 Å². The highest BCUT2D eigenvalue weighted by molar-refractivity contribution is 6.31. The number of carbonyl (C=O) groups is 3. The molecule has 27 heavy (non-hydrogen) atoms. The van der Waals surface area contributed by atoms with Gasteiger partial charge in [-0.2, -0.15) is 5.10 Å². The van der Waals surface area contributed by atoms with Crippen LogP contribution in [0.25, 0.3) is 6.08 Å². The topological polar surface area (TPSA) is 90.3 Å². The highest BCUT2D eigenvalue weighted by Crippen LogP contribution is 2.24. The number of aryl methyl sites for hydroxylation is 3. The molecule has 0 atom stereocenters. The average molecular weight is 388 g/mol. The van der Waals surface area contributed by atoms with Gasteiger partial charge in [-0.3, -0.25) is 14.3 Å². The van der Waals surface area contributed by atoms with Gasteiger partial charge >= 0.3 is 5.97 Å². The van der Waals surface area contributed by atoms with Crippen molar-refractivity contribution in [2.45, 2.75) is 19.8 Å². The number of rotatable bonds is 5. The van der Waals surface area contributed by atoms with E-state index in [4.69, 9.17) is 16.3 Å². The maximum Gasteiger partial charge on any atom is 0.331 e. The van der Waals surface area contributed by atoms with Gasteiger partial charge in [-0.1, -0.05) is 11.6 Å². The van der Waals surface area contributed by atoms with Crippen LogP contribution in [0.15, 0.2) is 24.3 Å². The van der Waals surface area contributed by atoms with Crippen molar-refractivity contribution in [3.63, 3.8) is 0 Å². The van der Waals surface area contributed by atoms with Crippen molar-refractivity contribution in [2.24, 2.45) is 7.05 Å². The van der Waals surface area contributed by atoms with Crippen LogP contribution in [0.1, 0.15) is 33.6 Å². The van der Waals surface area contributed by atoms with E-state index in [9.17, 15) is 14.4 Å². The van der Waals surface area contributed by atoms with Crippen molar-refractivity contribution in [1.82, 2.24) is 9.78 Å². The number of fused-ring (bicyclic) bond motifs is 1. The van der Waals surface area contributed by atoms with Crippen molar-refractivity contribution in [2.75, 3.05) is 11.9 Å². The first-order valence-electron chi connectivity index (χ1n) is 8.35. The standard InChI is InChI=1S/C19H18ClN3O4/c1-11-14(19(20)23(2)22-11)5-8-18(26)27-10-16(24)13-3-6-15-12(9-13)4-7-17(25)21-15/h3,5-6,8-9H,4,7,10H2,1-2H3,(H,21,25)/b8-5+. The summed E-state index contributed by atoms with van der Waals surface area (Å²) < 4.78 is 6.52. The highest BCUT2D eigenvalue weighted by Gasteiger charge is 2.17. The third-order valence-corrected chi connectivity index (χ3v) is 4.70. The van der Waals surface area contributed by atoms with Gasteiger partial charge in [0.15, 0.2) is 12.4 Å². The number of nitrogens with zero attached hydrogens (tertiary/aromatic N) is 2. The molecule has 0 aliphatic carbocycles. The molecule has 0 unspecified atom stereocenters. The van der Waals surface area contributed by atoms with Crippen molar-refractivity contribution in [1.29, 1.82) is 0 Å². The quantitative estimate of drug-likeness (QED) is 0.484. The molecule has 1 aromatic carbocycles. The van der Waals surface area contributed by atoms with E-state index in [1.807, 2.05) is 0 Å². The summed E-state index contributed by atoms with van der Waals surface area (Å²) in [7, 11) is 1.70. The highest BCUT2D eigenvalue weighted by atomic mass is 35.5. The maximum absolute atomic E-state index is 12.3. The second kappa shape index (κ2) is 7.75. The zero-order chi connectivity index (χ0) is 19.6. The second-order valence-electron chi connectivity index (χ2n) is 6.20. The predicted octanol–water partition coefficient (Wildman–Crippen LogP) is 2.71. The molecular weight excluding hydrogens is 370 g/mol. The van der Waals surface area contributed by atoms with Gasteiger partial charge in [0.2, 0.25) is 5.91 Å². The monoisotopic (exact) mass is 387 g/mol. The summed E-state index contributed by atoms with van der Waals surface area (Å²) in [5.74, 6) is -0.994. The Kier molecular flexibility index (Phi) is 5.41. The van der Waals surface area contributed by atoms with E-state index in [1.54, 1.807) is 32.2 Å². The van der Waals surface area contributed by atoms with Crippen LogP contribution >= 0.6 is 11.6 Å². The molecule has 0 radical (unpaired) electrons. The molecule has 0 fully saturated rings. The number of Topliss-reactive ketones (excluding diaryl/α,β-unsaturated/α-hetero) is 1. The summed E-state index contributed by atoms with van der Waals surface area (Å²) in [6.07, 6.45) is 3.70. The fourth-order valence-corrected chi connectivity index (χ4v) is 3.05. The third kappa shape index (κ3) is 4.25. The molecule has 2 aromatic rings. The third-order valence-electron chi connectivity index (χ3n) is 4.25. The predicted molar refractivity (Wildman–Crippen MR) is 101 cm³/mol. The Morgan fingerprint density at radius 3 is 2.85 bits per heavy atom. The van der Waals surface area contributed by atoms with Gasteiger partial charge in [-0.25, -0.2) is 4.79 Å². The van der Waals surface area contributed by atoms with Gasteiger partial charge in [0.1, 0.15) is 5.15 Å². The molecule has 2 heterocycles. The number of halogens is 1. The van der Waals surface area contributed by atoms with E-state index in [1.165, 1.54) is 16.8 Å². The number of amides is 1. The van der Waals surface area contributed by atoms with E-state index >= 15 is 0 Å². The number of hydrogen-bond donors (Lipinski definition) is 1. The van der Waals surface area contributed by atoms with E-state index in [0.29, 0.717) is 40.5 Å². The van der Waals surface area contributed by atoms with Crippen LogP contribution < -0.4 is 5.32 Å². The van der Waals surface area contributed by atoms with Crippen molar-refractivity contribution >= 4 is 41.0 Å². The lowest BCUT2D eigenvalue weighted by atomic mass is 9.99. The number of anilines is 1. The molecule has 0 bridgehead atoms. The zero-order valence-electron chi connectivity index (χ0n) is 14.9. The number of benzene rings is 1. The smallest absolute Gasteiger partial charge is 0.331 e. The normalized spacial score (nSPS) is 13.4. The molecule has 8 heteroatoms. The summed E-state index contributed by atoms with van der Waals surface area (Å²) in [6.45, 7) is 1.41. The minimum Gasteiger partial charge on any atom is -0.454 e. The molecule has 0 spiro atoms. The lowest BCUT2D eigenvalue weighted by Crippen LogP contribution is -2.20. The SMILES string of the molecule is Cc1nn(C)c(Cl)c1/C=C/C(=O)OCC(=O)c1ccc2c(c1)CCC(=O)N2. The molecule has 1 N–H and O–H groups in total. The molecule has 1 amide bonds. The van der Waals surface area contributed by atoms with Crippen LogP contribution in [0, 0.1) is 6.92 Å². The number of aromatic nitrogens is 2. The number of nitrogens with one attached hydrogen (secondary N) is 1. The Morgan fingerprint density at radius 2 is 2.15 bits per heavy atom. The van der Waals surface area contributed by atoms with Crippen molar-refractivity contribution in [3.8, 4) is 0 Å². The Hall–Kier alpha value is -2.93. The van der Waals surface area contributed by atoms with Gasteiger partial charge in [0.25, 0.3) is 0 Å². The zero-order valence-corrected chi connectivity index (χ0v) is 15.7. The summed E-state index contributed by atoms with van der Waals surface area (Å²) >= 11 is 6.09. The van der Waals surface area contributed by atoms with Crippen LogP contribution in [0.5, 0.6) is 0 Å².